The molecule has 0 heterocycles. The average Bonchev–Trinajstić information content (AvgIpc) is 0.904. The highest BCUT2D eigenvalue weighted by Gasteiger charge is 2.25. The summed E-state index contributed by atoms with van der Waals surface area (Å²) in [7, 11) is 0. The fraction of sp³-hybridized carbons (Fsp3) is 0.919. The molecular formula is C111H220O21. The fourth-order valence-corrected chi connectivity index (χ4v) is 14.6. The standard InChI is InChI=1S/C45H86O6.3C12H24O2.3C8H16O2.C6H14O3/c1-4-7-10-13-16-19-22-25-28-31-34-37-43(46)49-40-42(51-45(48)39-36-33-30-27-24-21-18-15-12-9-6-3)41-50-44(47)38-35-32-29-26-23-20-17-14-11-8-5-2;3*1-2-3-4-5-6-7-8-9-10-11-12(13)14;3*1-2-3-4-5-6-7-8(9)10;1-2-6(3-7,4-8)5-9/h42H,4-41H2,1-3H3;3*2-11H2,1H3,(H,13,14);3*2-7H2,1H3,(H,9,10);7-9H,2-5H2,1H3. The van der Waals surface area contributed by atoms with Crippen LogP contribution in [-0.2, 0) is 57.4 Å². The van der Waals surface area contributed by atoms with E-state index in [-0.39, 0.29) is 50.9 Å². The van der Waals surface area contributed by atoms with Crippen molar-refractivity contribution < 1.29 is 103 Å². The van der Waals surface area contributed by atoms with E-state index in [1.807, 2.05) is 6.92 Å². The number of aliphatic carboxylic acids is 6. The Balaban J connectivity index is -0.000000255. The number of esters is 3. The van der Waals surface area contributed by atoms with E-state index in [4.69, 9.17) is 60.2 Å². The number of aliphatic hydroxyl groups excluding tert-OH is 3. The Morgan fingerprint density at radius 2 is 0.303 bits per heavy atom. The quantitative estimate of drug-likeness (QED) is 0.0155. The lowest BCUT2D eigenvalue weighted by Gasteiger charge is -2.24. The molecule has 0 bridgehead atoms. The first-order valence-electron chi connectivity index (χ1n) is 55.5. The molecule has 0 aliphatic rings. The first kappa shape index (κ1) is 142. The zero-order valence-corrected chi connectivity index (χ0v) is 88.1. The third-order valence-electron chi connectivity index (χ3n) is 23.8. The van der Waals surface area contributed by atoms with E-state index in [1.165, 1.54) is 347 Å². The lowest BCUT2D eigenvalue weighted by Crippen LogP contribution is -2.32. The summed E-state index contributed by atoms with van der Waals surface area (Å²) >= 11 is 0. The van der Waals surface area contributed by atoms with Gasteiger partial charge in [-0.25, -0.2) is 0 Å². The number of hydrogen-bond donors (Lipinski definition) is 9. The van der Waals surface area contributed by atoms with Gasteiger partial charge in [-0.05, 0) is 64.2 Å². The molecule has 9 N–H and O–H groups in total. The number of hydrogen-bond acceptors (Lipinski definition) is 15. The Morgan fingerprint density at radius 3 is 0.417 bits per heavy atom. The van der Waals surface area contributed by atoms with E-state index in [0.717, 1.165) is 135 Å². The first-order valence-corrected chi connectivity index (χ1v) is 55.5. The summed E-state index contributed by atoms with van der Waals surface area (Å²) in [5, 5.41) is 76.0. The van der Waals surface area contributed by atoms with Crippen molar-refractivity contribution in [1.82, 2.24) is 0 Å². The van der Waals surface area contributed by atoms with Gasteiger partial charge in [0.05, 0.1) is 19.8 Å². The zero-order chi connectivity index (χ0) is 100. The lowest BCUT2D eigenvalue weighted by molar-refractivity contribution is -0.167. The second kappa shape index (κ2) is 128. The van der Waals surface area contributed by atoms with Gasteiger partial charge in [0.2, 0.25) is 0 Å². The molecule has 21 nitrogen and oxygen atoms in total. The molecule has 0 aliphatic heterocycles. The Labute approximate surface area is 812 Å². The van der Waals surface area contributed by atoms with Crippen LogP contribution in [0.4, 0.5) is 0 Å². The Hall–Kier alpha value is -4.89. The maximum Gasteiger partial charge on any atom is 0.306 e. The van der Waals surface area contributed by atoms with E-state index in [9.17, 15) is 43.2 Å². The van der Waals surface area contributed by atoms with Crippen LogP contribution in [0.3, 0.4) is 0 Å². The monoisotopic (exact) mass is 1890 g/mol. The predicted octanol–water partition coefficient (Wildman–Crippen LogP) is 32.7. The van der Waals surface area contributed by atoms with E-state index in [1.54, 1.807) is 0 Å². The maximum absolute atomic E-state index is 12.7. The number of rotatable bonds is 93. The number of carboxylic acids is 6. The highest BCUT2D eigenvalue weighted by atomic mass is 16.6. The summed E-state index contributed by atoms with van der Waals surface area (Å²) in [5.74, 6) is -4.84. The highest BCUT2D eigenvalue weighted by Crippen LogP contribution is 2.21. The van der Waals surface area contributed by atoms with Crippen LogP contribution in [0.5, 0.6) is 0 Å². The number of aliphatic hydroxyl groups is 3. The van der Waals surface area contributed by atoms with E-state index in [0.29, 0.717) is 64.2 Å². The van der Waals surface area contributed by atoms with Crippen molar-refractivity contribution in [2.45, 2.75) is 621 Å². The molecule has 132 heavy (non-hydrogen) atoms. The summed E-state index contributed by atoms with van der Waals surface area (Å²) in [5.41, 5.74) is -0.667. The summed E-state index contributed by atoms with van der Waals surface area (Å²) < 4.78 is 16.7. The fourth-order valence-electron chi connectivity index (χ4n) is 14.6. The third kappa shape index (κ3) is 148. The molecule has 0 fully saturated rings. The molecule has 0 rings (SSSR count). The van der Waals surface area contributed by atoms with Gasteiger partial charge in [-0.1, -0.05) is 493 Å². The number of ether oxygens (including phenoxy) is 3. The molecule has 0 aromatic rings. The molecule has 0 amide bonds. The molecule has 0 unspecified atom stereocenters. The molecule has 0 saturated carbocycles. The van der Waals surface area contributed by atoms with E-state index in [2.05, 4.69) is 62.3 Å². The Kier molecular flexibility index (Phi) is 138. The van der Waals surface area contributed by atoms with E-state index < -0.39 is 47.3 Å². The molecule has 0 aromatic heterocycles. The van der Waals surface area contributed by atoms with Crippen molar-refractivity contribution in [2.75, 3.05) is 33.0 Å². The molecular weight excluding hydrogens is 1670 g/mol. The predicted molar refractivity (Wildman–Crippen MR) is 550 cm³/mol. The van der Waals surface area contributed by atoms with Gasteiger partial charge in [0.15, 0.2) is 6.10 Å². The molecule has 0 radical (unpaired) electrons. The molecule has 0 atom stereocenters. The lowest BCUT2D eigenvalue weighted by atomic mass is 9.88. The number of carbonyl (C=O) groups is 9. The molecule has 0 aliphatic carbocycles. The first-order chi connectivity index (χ1) is 63.9. The number of carboxylic acid groups (broad SMARTS) is 6. The molecule has 21 heteroatoms. The van der Waals surface area contributed by atoms with Crippen molar-refractivity contribution in [3.63, 3.8) is 0 Å². The maximum atomic E-state index is 12.7. The smallest absolute Gasteiger partial charge is 0.306 e. The van der Waals surface area contributed by atoms with Crippen molar-refractivity contribution in [3.05, 3.63) is 0 Å². The minimum atomic E-state index is -0.757. The SMILES string of the molecule is CCC(CO)(CO)CO.CCCCCCCC(=O)O.CCCCCCCC(=O)O.CCCCCCCC(=O)O.CCCCCCCCCCCC(=O)O.CCCCCCCCCCCC(=O)O.CCCCCCCCCCCC(=O)O.CCCCCCCCCCCCCC(=O)OCC(COC(=O)CCCCCCCCCCCCC)OC(=O)CCCCCCCCCCCCC. The number of unbranched alkanes of at least 4 members (excludes halogenated alkanes) is 66. The zero-order valence-electron chi connectivity index (χ0n) is 88.1. The second-order valence-electron chi connectivity index (χ2n) is 37.3. The van der Waals surface area contributed by atoms with Gasteiger partial charge in [0.1, 0.15) is 13.2 Å². The van der Waals surface area contributed by atoms with Crippen LogP contribution in [0.1, 0.15) is 615 Å². The largest absolute Gasteiger partial charge is 0.481 e. The summed E-state index contributed by atoms with van der Waals surface area (Å²) in [6.45, 7) is 21.1. The van der Waals surface area contributed by atoms with Crippen molar-refractivity contribution in [3.8, 4) is 0 Å². The number of carbonyl (C=O) groups excluding carboxylic acids is 3. The molecule has 0 saturated heterocycles. The Morgan fingerprint density at radius 1 is 0.182 bits per heavy atom. The van der Waals surface area contributed by atoms with E-state index >= 15 is 0 Å². The topological polar surface area (TPSA) is 363 Å². The summed E-state index contributed by atoms with van der Waals surface area (Å²) in [4.78, 5) is 98.3. The molecule has 0 spiro atoms. The second-order valence-corrected chi connectivity index (χ2v) is 37.3. The summed E-state index contributed by atoms with van der Waals surface area (Å²) in [6.07, 6.45) is 93.4. The van der Waals surface area contributed by atoms with Crippen LogP contribution in [0.15, 0.2) is 0 Å². The van der Waals surface area contributed by atoms with Gasteiger partial charge >= 0.3 is 53.7 Å². The van der Waals surface area contributed by atoms with Gasteiger partial charge < -0.3 is 60.2 Å². The van der Waals surface area contributed by atoms with Crippen LogP contribution in [0.25, 0.3) is 0 Å². The Bertz CT molecular complexity index is 2120. The van der Waals surface area contributed by atoms with Crippen molar-refractivity contribution >= 4 is 53.7 Å². The van der Waals surface area contributed by atoms with Gasteiger partial charge in [-0.15, -0.1) is 0 Å². The minimum absolute atomic E-state index is 0.0629. The van der Waals surface area contributed by atoms with Crippen LogP contribution < -0.4 is 0 Å². The third-order valence-corrected chi connectivity index (χ3v) is 23.8. The molecule has 0 aromatic carbocycles. The van der Waals surface area contributed by atoms with Crippen LogP contribution in [0, 0.1) is 5.41 Å². The van der Waals surface area contributed by atoms with Crippen molar-refractivity contribution in [2.24, 2.45) is 5.41 Å². The molecule has 790 valence electrons. The van der Waals surface area contributed by atoms with Crippen molar-refractivity contribution in [1.29, 1.82) is 0 Å². The highest BCUT2D eigenvalue weighted by molar-refractivity contribution is 5.71. The normalized spacial score (nSPS) is 10.7. The minimum Gasteiger partial charge on any atom is -0.481 e. The van der Waals surface area contributed by atoms with Crippen LogP contribution in [-0.4, -0.2) is 139 Å². The van der Waals surface area contributed by atoms with Crippen LogP contribution >= 0.6 is 0 Å². The summed E-state index contributed by atoms with van der Waals surface area (Å²) in [6, 6.07) is 0. The van der Waals surface area contributed by atoms with Crippen LogP contribution in [0.2, 0.25) is 0 Å². The van der Waals surface area contributed by atoms with Gasteiger partial charge in [0, 0.05) is 63.2 Å². The van der Waals surface area contributed by atoms with Gasteiger partial charge in [0.25, 0.3) is 0 Å². The van der Waals surface area contributed by atoms with Gasteiger partial charge in [-0.3, -0.25) is 43.2 Å². The average molecular weight is 1890 g/mol. The van der Waals surface area contributed by atoms with Gasteiger partial charge in [-0.2, -0.15) is 0 Å².